The Bertz CT molecular complexity index is 1250. The van der Waals surface area contributed by atoms with Crippen molar-refractivity contribution in [2.45, 2.75) is 13.5 Å². The molecule has 0 aliphatic heterocycles. The number of aromatic nitrogens is 5. The number of benzene rings is 1. The maximum Gasteiger partial charge on any atom is 0.320 e. The number of nitrogens with two attached hydrogens (primary N) is 1. The Morgan fingerprint density at radius 3 is 2.79 bits per heavy atom. The summed E-state index contributed by atoms with van der Waals surface area (Å²) in [5.41, 5.74) is 8.60. The van der Waals surface area contributed by atoms with Gasteiger partial charge in [0.25, 0.3) is 0 Å². The number of fused-ring (bicyclic) bond motifs is 1. The van der Waals surface area contributed by atoms with E-state index in [1.165, 1.54) is 12.3 Å². The minimum absolute atomic E-state index is 0.121. The van der Waals surface area contributed by atoms with Crippen LogP contribution >= 0.6 is 0 Å². The van der Waals surface area contributed by atoms with Crippen molar-refractivity contribution in [2.75, 3.05) is 12.3 Å². The molecule has 8 nitrogen and oxygen atoms in total. The number of halogens is 1. The summed E-state index contributed by atoms with van der Waals surface area (Å²) in [6.07, 6.45) is 2.62. The molecular weight excluding hydrogens is 373 g/mol. The van der Waals surface area contributed by atoms with Gasteiger partial charge in [0, 0.05) is 11.8 Å². The highest BCUT2D eigenvalue weighted by Gasteiger charge is 2.20. The van der Waals surface area contributed by atoms with Gasteiger partial charge in [0.05, 0.1) is 31.0 Å². The fourth-order valence-corrected chi connectivity index (χ4v) is 3.04. The third-order valence-electron chi connectivity index (χ3n) is 4.30. The van der Waals surface area contributed by atoms with Crippen molar-refractivity contribution >= 4 is 17.0 Å². The van der Waals surface area contributed by atoms with Crippen LogP contribution in [-0.2, 0) is 6.54 Å². The summed E-state index contributed by atoms with van der Waals surface area (Å²) in [6.45, 7) is 2.46. The van der Waals surface area contributed by atoms with Crippen LogP contribution in [0.15, 0.2) is 42.7 Å². The largest absolute Gasteiger partial charge is 0.464 e. The van der Waals surface area contributed by atoms with Gasteiger partial charge in [-0.3, -0.25) is 4.98 Å². The Morgan fingerprint density at radius 2 is 2.03 bits per heavy atom. The zero-order valence-electron chi connectivity index (χ0n) is 15.5. The van der Waals surface area contributed by atoms with Crippen LogP contribution in [0.4, 0.5) is 10.2 Å². The van der Waals surface area contributed by atoms with Gasteiger partial charge in [-0.2, -0.15) is 15.2 Å². The molecule has 0 aliphatic carbocycles. The number of ether oxygens (including phenoxy) is 1. The Labute approximate surface area is 165 Å². The zero-order chi connectivity index (χ0) is 20.4. The first kappa shape index (κ1) is 18.3. The molecule has 0 amide bonds. The molecule has 1 aromatic carbocycles. The summed E-state index contributed by atoms with van der Waals surface area (Å²) in [7, 11) is 0. The molecule has 144 valence electrons. The second-order valence-electron chi connectivity index (χ2n) is 6.18. The number of nitrogen functional groups attached to an aromatic ring is 1. The molecule has 3 heterocycles. The van der Waals surface area contributed by atoms with Crippen LogP contribution in [0.3, 0.4) is 0 Å². The average molecular weight is 389 g/mol. The number of anilines is 1. The predicted molar refractivity (Wildman–Crippen MR) is 104 cm³/mol. The first-order valence-corrected chi connectivity index (χ1v) is 8.86. The molecule has 0 saturated carbocycles. The number of hydrogen-bond acceptors (Lipinski definition) is 7. The van der Waals surface area contributed by atoms with Crippen molar-refractivity contribution < 1.29 is 9.13 Å². The summed E-state index contributed by atoms with van der Waals surface area (Å²) in [6, 6.07) is 10.8. The van der Waals surface area contributed by atoms with Crippen LogP contribution in [0.2, 0.25) is 0 Å². The quantitative estimate of drug-likeness (QED) is 0.558. The molecule has 29 heavy (non-hydrogen) atoms. The summed E-state index contributed by atoms with van der Waals surface area (Å²) in [4.78, 5) is 17.0. The van der Waals surface area contributed by atoms with Gasteiger partial charge in [0.15, 0.2) is 17.0 Å². The highest BCUT2D eigenvalue weighted by atomic mass is 19.1. The van der Waals surface area contributed by atoms with E-state index in [4.69, 9.17) is 10.5 Å². The van der Waals surface area contributed by atoms with E-state index >= 15 is 0 Å². The van der Waals surface area contributed by atoms with E-state index in [0.29, 0.717) is 34.7 Å². The van der Waals surface area contributed by atoms with Crippen LogP contribution in [0.5, 0.6) is 6.01 Å². The highest BCUT2D eigenvalue weighted by molar-refractivity contribution is 5.86. The molecule has 0 radical (unpaired) electrons. The smallest absolute Gasteiger partial charge is 0.320 e. The van der Waals surface area contributed by atoms with E-state index in [0.717, 1.165) is 11.8 Å². The van der Waals surface area contributed by atoms with Gasteiger partial charge in [-0.1, -0.05) is 18.2 Å². The van der Waals surface area contributed by atoms with Crippen molar-refractivity contribution in [1.82, 2.24) is 24.5 Å². The lowest BCUT2D eigenvalue weighted by molar-refractivity contribution is 0.314. The summed E-state index contributed by atoms with van der Waals surface area (Å²) >= 11 is 0. The molecule has 0 saturated heterocycles. The average Bonchev–Trinajstić information content (AvgIpc) is 3.08. The second-order valence-corrected chi connectivity index (χ2v) is 6.18. The molecule has 4 rings (SSSR count). The minimum atomic E-state index is -0.493. The Balaban J connectivity index is 1.97. The molecule has 0 spiro atoms. The van der Waals surface area contributed by atoms with Gasteiger partial charge in [0.1, 0.15) is 11.6 Å². The van der Waals surface area contributed by atoms with Crippen LogP contribution in [0.25, 0.3) is 22.6 Å². The number of hydrogen-bond donors (Lipinski definition) is 1. The second kappa shape index (κ2) is 7.52. The van der Waals surface area contributed by atoms with E-state index in [1.807, 2.05) is 19.1 Å². The Morgan fingerprint density at radius 1 is 1.21 bits per heavy atom. The van der Waals surface area contributed by atoms with Gasteiger partial charge in [-0.05, 0) is 24.6 Å². The molecule has 0 aliphatic rings. The number of rotatable bonds is 5. The first-order chi connectivity index (χ1) is 14.1. The van der Waals surface area contributed by atoms with E-state index in [2.05, 4.69) is 26.0 Å². The maximum absolute atomic E-state index is 13.8. The maximum atomic E-state index is 13.8. The number of pyridine rings is 1. The summed E-state index contributed by atoms with van der Waals surface area (Å²) in [5.74, 6) is 0.0679. The molecule has 0 fully saturated rings. The van der Waals surface area contributed by atoms with Crippen molar-refractivity contribution in [3.8, 4) is 23.5 Å². The predicted octanol–water partition coefficient (Wildman–Crippen LogP) is 2.93. The van der Waals surface area contributed by atoms with Crippen molar-refractivity contribution in [2.24, 2.45) is 0 Å². The van der Waals surface area contributed by atoms with Gasteiger partial charge in [-0.25, -0.2) is 9.37 Å². The number of imidazole rings is 1. The van der Waals surface area contributed by atoms with Crippen molar-refractivity contribution in [1.29, 1.82) is 5.26 Å². The standard InChI is InChI=1S/C20H16FN7O/c1-2-29-20-26-17(23)16-19(27-20)28(11-13-6-4-3-5-12(13)8-22)18(25-16)14-7-15(21)10-24-9-14/h3-7,9-10H,2,11H2,1H3,(H2,23,26,27). The molecular formula is C20H16FN7O. The van der Waals surface area contributed by atoms with E-state index < -0.39 is 5.82 Å². The summed E-state index contributed by atoms with van der Waals surface area (Å²) in [5, 5.41) is 9.44. The monoisotopic (exact) mass is 389 g/mol. The molecule has 4 aromatic rings. The lowest BCUT2D eigenvalue weighted by Crippen LogP contribution is -2.07. The van der Waals surface area contributed by atoms with Gasteiger partial charge < -0.3 is 15.0 Å². The lowest BCUT2D eigenvalue weighted by Gasteiger charge is -2.11. The molecule has 2 N–H and O–H groups in total. The topological polar surface area (TPSA) is 116 Å². The third-order valence-corrected chi connectivity index (χ3v) is 4.30. The molecule has 9 heteroatoms. The number of nitrogens with zero attached hydrogens (tertiary/aromatic N) is 6. The van der Waals surface area contributed by atoms with Crippen molar-refractivity contribution in [3.05, 3.63) is 59.7 Å². The molecule has 3 aromatic heterocycles. The molecule has 0 bridgehead atoms. The first-order valence-electron chi connectivity index (χ1n) is 8.86. The lowest BCUT2D eigenvalue weighted by atomic mass is 10.1. The molecule has 0 atom stereocenters. The van der Waals surface area contributed by atoms with E-state index in [-0.39, 0.29) is 18.4 Å². The van der Waals surface area contributed by atoms with Crippen LogP contribution in [0, 0.1) is 17.1 Å². The fraction of sp³-hybridized carbons (Fsp3) is 0.150. The normalized spacial score (nSPS) is 10.8. The SMILES string of the molecule is CCOc1nc(N)c2nc(-c3cncc(F)c3)n(Cc3ccccc3C#N)c2n1. The highest BCUT2D eigenvalue weighted by Crippen LogP contribution is 2.29. The number of nitriles is 1. The van der Waals surface area contributed by atoms with Gasteiger partial charge in [0.2, 0.25) is 0 Å². The fourth-order valence-electron chi connectivity index (χ4n) is 3.04. The van der Waals surface area contributed by atoms with Crippen molar-refractivity contribution in [3.63, 3.8) is 0 Å². The summed E-state index contributed by atoms with van der Waals surface area (Å²) < 4.78 is 21.0. The third kappa shape index (κ3) is 3.43. The van der Waals surface area contributed by atoms with E-state index in [1.54, 1.807) is 16.7 Å². The molecule has 0 unspecified atom stereocenters. The van der Waals surface area contributed by atoms with Crippen LogP contribution < -0.4 is 10.5 Å². The van der Waals surface area contributed by atoms with Crippen LogP contribution in [-0.4, -0.2) is 31.1 Å². The Kier molecular flexibility index (Phi) is 4.75. The minimum Gasteiger partial charge on any atom is -0.464 e. The van der Waals surface area contributed by atoms with Gasteiger partial charge >= 0.3 is 6.01 Å². The zero-order valence-corrected chi connectivity index (χ0v) is 15.5. The van der Waals surface area contributed by atoms with E-state index in [9.17, 15) is 9.65 Å². The van der Waals surface area contributed by atoms with Crippen LogP contribution in [0.1, 0.15) is 18.1 Å². The Hall–Kier alpha value is -4.06. The van der Waals surface area contributed by atoms with Gasteiger partial charge in [-0.15, -0.1) is 0 Å².